The molecule has 0 radical (unpaired) electrons. The van der Waals surface area contributed by atoms with E-state index in [9.17, 15) is 9.59 Å². The first-order valence-corrected chi connectivity index (χ1v) is 9.97. The van der Waals surface area contributed by atoms with Gasteiger partial charge in [0.1, 0.15) is 18.0 Å². The van der Waals surface area contributed by atoms with E-state index in [0.29, 0.717) is 38.5 Å². The smallest absolute Gasteiger partial charge is 0.323 e. The molecule has 4 rings (SSSR count). The molecule has 2 aromatic heterocycles. The van der Waals surface area contributed by atoms with Crippen LogP contribution in [0.1, 0.15) is 5.69 Å². The normalized spacial score (nSPS) is 10.6. The van der Waals surface area contributed by atoms with E-state index in [0.717, 1.165) is 0 Å². The highest BCUT2D eigenvalue weighted by molar-refractivity contribution is 6.39. The lowest BCUT2D eigenvalue weighted by molar-refractivity contribution is 0.262. The second-order valence-corrected chi connectivity index (χ2v) is 7.32. The number of urea groups is 1. The van der Waals surface area contributed by atoms with Gasteiger partial charge < -0.3 is 15.4 Å². The van der Waals surface area contributed by atoms with Crippen LogP contribution in [0.5, 0.6) is 5.75 Å². The van der Waals surface area contributed by atoms with Crippen LogP contribution in [0.3, 0.4) is 0 Å². The van der Waals surface area contributed by atoms with Crippen LogP contribution in [-0.2, 0) is 6.61 Å². The maximum absolute atomic E-state index is 12.2. The fourth-order valence-corrected chi connectivity index (χ4v) is 3.35. The SMILES string of the molecule is O=C(Nc1ccc(OCc2cc(=O)n3ccccc3n2)cc1)Nc1c(Cl)cccc1Cl. The van der Waals surface area contributed by atoms with Gasteiger partial charge in [-0.2, -0.15) is 0 Å². The predicted molar refractivity (Wildman–Crippen MR) is 121 cm³/mol. The van der Waals surface area contributed by atoms with Crippen molar-refractivity contribution < 1.29 is 9.53 Å². The Labute approximate surface area is 187 Å². The summed E-state index contributed by atoms with van der Waals surface area (Å²) in [4.78, 5) is 28.8. The van der Waals surface area contributed by atoms with Gasteiger partial charge in [-0.15, -0.1) is 0 Å². The van der Waals surface area contributed by atoms with E-state index in [4.69, 9.17) is 27.9 Å². The molecule has 0 saturated carbocycles. The molecule has 0 bridgehead atoms. The molecule has 0 spiro atoms. The number of para-hydroxylation sites is 1. The Morgan fingerprint density at radius 2 is 1.71 bits per heavy atom. The molecule has 0 aliphatic rings. The molecule has 2 aromatic carbocycles. The number of carbonyl (C=O) groups is 1. The Hall–Kier alpha value is -3.55. The van der Waals surface area contributed by atoms with E-state index in [1.54, 1.807) is 60.8 Å². The lowest BCUT2D eigenvalue weighted by Gasteiger charge is -2.11. The minimum absolute atomic E-state index is 0.138. The minimum atomic E-state index is -0.482. The molecule has 9 heteroatoms. The average molecular weight is 455 g/mol. The molecular formula is C22H16Cl2N4O3. The minimum Gasteiger partial charge on any atom is -0.487 e. The fraction of sp³-hybridized carbons (Fsp3) is 0.0455. The number of rotatable bonds is 5. The number of fused-ring (bicyclic) bond motifs is 1. The number of aromatic nitrogens is 2. The van der Waals surface area contributed by atoms with Gasteiger partial charge >= 0.3 is 6.03 Å². The van der Waals surface area contributed by atoms with Gasteiger partial charge in [0.05, 0.1) is 21.4 Å². The highest BCUT2D eigenvalue weighted by atomic mass is 35.5. The number of pyridine rings is 1. The van der Waals surface area contributed by atoms with Crippen LogP contribution in [0.25, 0.3) is 5.65 Å². The van der Waals surface area contributed by atoms with Crippen molar-refractivity contribution in [3.63, 3.8) is 0 Å². The predicted octanol–water partition coefficient (Wildman–Crippen LogP) is 5.22. The molecule has 2 N–H and O–H groups in total. The first kappa shape index (κ1) is 20.7. The van der Waals surface area contributed by atoms with Crippen molar-refractivity contribution in [2.45, 2.75) is 6.61 Å². The maximum atomic E-state index is 12.2. The fourth-order valence-electron chi connectivity index (χ4n) is 2.86. The number of halogens is 2. The molecule has 4 aromatic rings. The summed E-state index contributed by atoms with van der Waals surface area (Å²) < 4.78 is 7.17. The first-order valence-electron chi connectivity index (χ1n) is 9.22. The molecule has 31 heavy (non-hydrogen) atoms. The van der Waals surface area contributed by atoms with Gasteiger partial charge in [-0.25, -0.2) is 9.78 Å². The zero-order valence-corrected chi connectivity index (χ0v) is 17.5. The molecule has 156 valence electrons. The van der Waals surface area contributed by atoms with Crippen molar-refractivity contribution >= 4 is 46.3 Å². The maximum Gasteiger partial charge on any atom is 0.323 e. The second kappa shape index (κ2) is 9.07. The molecule has 0 aliphatic heterocycles. The molecule has 0 unspecified atom stereocenters. The van der Waals surface area contributed by atoms with Crippen molar-refractivity contribution in [3.05, 3.63) is 99.0 Å². The third-order valence-electron chi connectivity index (χ3n) is 4.32. The van der Waals surface area contributed by atoms with Gasteiger partial charge in [-0.1, -0.05) is 35.3 Å². The van der Waals surface area contributed by atoms with Crippen LogP contribution in [0.2, 0.25) is 10.0 Å². The largest absolute Gasteiger partial charge is 0.487 e. The zero-order valence-electron chi connectivity index (χ0n) is 16.0. The van der Waals surface area contributed by atoms with Gasteiger partial charge in [0, 0.05) is 18.0 Å². The van der Waals surface area contributed by atoms with E-state index in [-0.39, 0.29) is 12.2 Å². The summed E-state index contributed by atoms with van der Waals surface area (Å²) in [7, 11) is 0. The third-order valence-corrected chi connectivity index (χ3v) is 4.95. The molecule has 0 saturated heterocycles. The Morgan fingerprint density at radius 3 is 2.45 bits per heavy atom. The van der Waals surface area contributed by atoms with Gasteiger partial charge in [-0.3, -0.25) is 9.20 Å². The molecule has 0 atom stereocenters. The van der Waals surface area contributed by atoms with E-state index < -0.39 is 6.03 Å². The summed E-state index contributed by atoms with van der Waals surface area (Å²) in [6, 6.07) is 18.0. The topological polar surface area (TPSA) is 84.7 Å². The number of carbonyl (C=O) groups excluding carboxylic acids is 1. The van der Waals surface area contributed by atoms with Crippen LogP contribution in [0, 0.1) is 0 Å². The van der Waals surface area contributed by atoms with Crippen molar-refractivity contribution in [1.82, 2.24) is 9.38 Å². The summed E-state index contributed by atoms with van der Waals surface area (Å²) in [5.41, 5.74) is 1.79. The number of hydrogen-bond donors (Lipinski definition) is 2. The van der Waals surface area contributed by atoms with Crippen molar-refractivity contribution in [2.75, 3.05) is 10.6 Å². The Morgan fingerprint density at radius 1 is 0.968 bits per heavy atom. The van der Waals surface area contributed by atoms with E-state index >= 15 is 0 Å². The van der Waals surface area contributed by atoms with Crippen LogP contribution < -0.4 is 20.9 Å². The summed E-state index contributed by atoms with van der Waals surface area (Å²) >= 11 is 12.1. The first-order chi connectivity index (χ1) is 15.0. The molecule has 7 nitrogen and oxygen atoms in total. The lowest BCUT2D eigenvalue weighted by Crippen LogP contribution is -2.19. The number of nitrogens with one attached hydrogen (secondary N) is 2. The summed E-state index contributed by atoms with van der Waals surface area (Å²) in [5, 5.41) is 6.00. The summed E-state index contributed by atoms with van der Waals surface area (Å²) in [6.07, 6.45) is 1.66. The molecule has 2 heterocycles. The third kappa shape index (κ3) is 4.96. The molecule has 0 fully saturated rings. The zero-order chi connectivity index (χ0) is 21.8. The Balaban J connectivity index is 1.37. The Bertz CT molecular complexity index is 1290. The summed E-state index contributed by atoms with van der Waals surface area (Å²) in [5.74, 6) is 0.565. The van der Waals surface area contributed by atoms with Crippen LogP contribution in [0.15, 0.2) is 77.7 Å². The average Bonchev–Trinajstić information content (AvgIpc) is 2.76. The quantitative estimate of drug-likeness (QED) is 0.432. The van der Waals surface area contributed by atoms with Crippen LogP contribution in [-0.4, -0.2) is 15.4 Å². The number of nitrogens with zero attached hydrogens (tertiary/aromatic N) is 2. The van der Waals surface area contributed by atoms with Crippen molar-refractivity contribution in [1.29, 1.82) is 0 Å². The van der Waals surface area contributed by atoms with Gasteiger partial charge in [0.25, 0.3) is 5.56 Å². The van der Waals surface area contributed by atoms with Crippen molar-refractivity contribution in [3.8, 4) is 5.75 Å². The number of amides is 2. The van der Waals surface area contributed by atoms with E-state index in [1.807, 2.05) is 6.07 Å². The highest BCUT2D eigenvalue weighted by Gasteiger charge is 2.10. The van der Waals surface area contributed by atoms with Gasteiger partial charge in [0.15, 0.2) is 0 Å². The number of hydrogen-bond acceptors (Lipinski definition) is 4. The summed E-state index contributed by atoms with van der Waals surface area (Å²) in [6.45, 7) is 0.138. The monoisotopic (exact) mass is 454 g/mol. The standard InChI is InChI=1S/C22H16Cl2N4O3/c23-17-4-3-5-18(24)21(17)27-22(30)26-14-7-9-16(10-8-14)31-13-15-12-20(29)28-11-2-1-6-19(28)25-15/h1-12H,13H2,(H2,26,27,30). The molecule has 2 amide bonds. The van der Waals surface area contributed by atoms with Crippen LogP contribution >= 0.6 is 23.2 Å². The van der Waals surface area contributed by atoms with Crippen molar-refractivity contribution in [2.24, 2.45) is 0 Å². The van der Waals surface area contributed by atoms with Gasteiger partial charge in [-0.05, 0) is 48.5 Å². The van der Waals surface area contributed by atoms with E-state index in [2.05, 4.69) is 15.6 Å². The number of benzene rings is 2. The molecule has 0 aliphatic carbocycles. The van der Waals surface area contributed by atoms with E-state index in [1.165, 1.54) is 10.5 Å². The van der Waals surface area contributed by atoms with Gasteiger partial charge in [0.2, 0.25) is 0 Å². The molecular weight excluding hydrogens is 439 g/mol. The van der Waals surface area contributed by atoms with Crippen LogP contribution in [0.4, 0.5) is 16.2 Å². The second-order valence-electron chi connectivity index (χ2n) is 6.50. The highest BCUT2D eigenvalue weighted by Crippen LogP contribution is 2.30. The lowest BCUT2D eigenvalue weighted by atomic mass is 10.3. The number of anilines is 2. The Kier molecular flexibility index (Phi) is 6.06. The number of ether oxygens (including phenoxy) is 1.